The first-order chi connectivity index (χ1) is 12.5. The van der Waals surface area contributed by atoms with Crippen molar-refractivity contribution >= 4 is 5.91 Å². The summed E-state index contributed by atoms with van der Waals surface area (Å²) in [5.74, 6) is 1.36. The maximum Gasteiger partial charge on any atom is 0.275 e. The minimum absolute atomic E-state index is 0.00588. The van der Waals surface area contributed by atoms with Crippen LogP contribution in [0.4, 0.5) is 0 Å². The van der Waals surface area contributed by atoms with Crippen LogP contribution in [0.15, 0.2) is 10.7 Å². The Balaban J connectivity index is 1.49. The van der Waals surface area contributed by atoms with Crippen LogP contribution in [0, 0.1) is 5.92 Å². The number of carbonyl (C=O) groups excluding carboxylic acids is 1. The number of oxazole rings is 1. The van der Waals surface area contributed by atoms with E-state index < -0.39 is 0 Å². The first kappa shape index (κ1) is 19.4. The van der Waals surface area contributed by atoms with E-state index in [9.17, 15) is 4.79 Å². The molecule has 0 N–H and O–H groups in total. The van der Waals surface area contributed by atoms with Crippen molar-refractivity contribution < 1.29 is 9.21 Å². The number of rotatable bonds is 6. The summed E-state index contributed by atoms with van der Waals surface area (Å²) in [7, 11) is 1.90. The SMILES string of the molecule is CC(C)CN1CCN(Cc2nc(C(=O)N(C)C3CCCCC3)co2)CC1. The molecule has 0 radical (unpaired) electrons. The van der Waals surface area contributed by atoms with Crippen LogP contribution in [0.5, 0.6) is 0 Å². The highest BCUT2D eigenvalue weighted by atomic mass is 16.3. The van der Waals surface area contributed by atoms with Gasteiger partial charge in [-0.05, 0) is 18.8 Å². The third-order valence-corrected chi connectivity index (χ3v) is 5.66. The molecule has 6 nitrogen and oxygen atoms in total. The first-order valence-electron chi connectivity index (χ1n) is 10.2. The zero-order valence-electron chi connectivity index (χ0n) is 16.6. The third-order valence-electron chi connectivity index (χ3n) is 5.66. The van der Waals surface area contributed by atoms with Gasteiger partial charge in [0, 0.05) is 45.8 Å². The topological polar surface area (TPSA) is 52.8 Å². The largest absolute Gasteiger partial charge is 0.447 e. The maximum absolute atomic E-state index is 12.7. The summed E-state index contributed by atoms with van der Waals surface area (Å²) < 4.78 is 5.60. The second-order valence-corrected chi connectivity index (χ2v) is 8.30. The Bertz CT molecular complexity index is 572. The van der Waals surface area contributed by atoms with E-state index in [-0.39, 0.29) is 5.91 Å². The van der Waals surface area contributed by atoms with Gasteiger partial charge in [0.1, 0.15) is 6.26 Å². The molecule has 1 saturated heterocycles. The Morgan fingerprint density at radius 2 is 1.85 bits per heavy atom. The molecule has 1 aromatic heterocycles. The van der Waals surface area contributed by atoms with Gasteiger partial charge < -0.3 is 14.2 Å². The molecule has 1 saturated carbocycles. The third kappa shape index (κ3) is 5.07. The number of piperazine rings is 1. The van der Waals surface area contributed by atoms with Gasteiger partial charge in [-0.25, -0.2) is 4.98 Å². The molecule has 0 unspecified atom stereocenters. The zero-order chi connectivity index (χ0) is 18.5. The van der Waals surface area contributed by atoms with Crippen molar-refractivity contribution in [3.05, 3.63) is 17.8 Å². The number of amides is 1. The summed E-state index contributed by atoms with van der Waals surface area (Å²) in [5.41, 5.74) is 0.450. The molecule has 2 aliphatic rings. The Labute approximate surface area is 157 Å². The molecule has 0 aromatic carbocycles. The fraction of sp³-hybridized carbons (Fsp3) is 0.800. The van der Waals surface area contributed by atoms with Crippen molar-refractivity contribution in [2.24, 2.45) is 5.92 Å². The molecule has 2 fully saturated rings. The van der Waals surface area contributed by atoms with Crippen molar-refractivity contribution in [2.75, 3.05) is 39.8 Å². The van der Waals surface area contributed by atoms with Crippen LogP contribution >= 0.6 is 0 Å². The van der Waals surface area contributed by atoms with Gasteiger partial charge in [-0.15, -0.1) is 0 Å². The number of hydrogen-bond acceptors (Lipinski definition) is 5. The van der Waals surface area contributed by atoms with E-state index in [2.05, 4.69) is 28.6 Å². The van der Waals surface area contributed by atoms with E-state index in [1.54, 1.807) is 0 Å². The van der Waals surface area contributed by atoms with Crippen molar-refractivity contribution in [3.63, 3.8) is 0 Å². The van der Waals surface area contributed by atoms with Crippen LogP contribution in [0.1, 0.15) is 62.3 Å². The van der Waals surface area contributed by atoms with Gasteiger partial charge in [0.2, 0.25) is 5.89 Å². The minimum Gasteiger partial charge on any atom is -0.447 e. The van der Waals surface area contributed by atoms with Crippen molar-refractivity contribution in [1.82, 2.24) is 19.7 Å². The molecule has 1 amide bonds. The summed E-state index contributed by atoms with van der Waals surface area (Å²) in [5, 5.41) is 0. The van der Waals surface area contributed by atoms with E-state index in [0.717, 1.165) is 39.0 Å². The highest BCUT2D eigenvalue weighted by Crippen LogP contribution is 2.23. The monoisotopic (exact) mass is 362 g/mol. The Kier molecular flexibility index (Phi) is 6.70. The molecule has 0 atom stereocenters. The predicted octanol–water partition coefficient (Wildman–Crippen LogP) is 2.85. The lowest BCUT2D eigenvalue weighted by molar-refractivity contribution is 0.0690. The van der Waals surface area contributed by atoms with Gasteiger partial charge in [0.05, 0.1) is 6.54 Å². The molecule has 2 heterocycles. The van der Waals surface area contributed by atoms with Gasteiger partial charge >= 0.3 is 0 Å². The predicted molar refractivity (Wildman–Crippen MR) is 102 cm³/mol. The van der Waals surface area contributed by atoms with Crippen LogP contribution in [0.2, 0.25) is 0 Å². The number of hydrogen-bond donors (Lipinski definition) is 0. The molecular formula is C20H34N4O2. The quantitative estimate of drug-likeness (QED) is 0.779. The van der Waals surface area contributed by atoms with Crippen LogP contribution in [-0.4, -0.2) is 71.4 Å². The lowest BCUT2D eigenvalue weighted by Crippen LogP contribution is -2.46. The zero-order valence-corrected chi connectivity index (χ0v) is 16.6. The van der Waals surface area contributed by atoms with Crippen molar-refractivity contribution in [3.8, 4) is 0 Å². The van der Waals surface area contributed by atoms with Gasteiger partial charge in [0.15, 0.2) is 5.69 Å². The van der Waals surface area contributed by atoms with Gasteiger partial charge in [-0.2, -0.15) is 0 Å². The molecule has 1 aromatic rings. The fourth-order valence-electron chi connectivity index (χ4n) is 4.13. The molecule has 3 rings (SSSR count). The highest BCUT2D eigenvalue weighted by molar-refractivity contribution is 5.92. The van der Waals surface area contributed by atoms with Crippen LogP contribution < -0.4 is 0 Å². The smallest absolute Gasteiger partial charge is 0.275 e. The molecule has 0 bridgehead atoms. The van der Waals surface area contributed by atoms with Gasteiger partial charge in [0.25, 0.3) is 5.91 Å². The van der Waals surface area contributed by atoms with Gasteiger partial charge in [-0.3, -0.25) is 9.69 Å². The fourth-order valence-corrected chi connectivity index (χ4v) is 4.13. The minimum atomic E-state index is -0.00588. The van der Waals surface area contributed by atoms with Crippen LogP contribution in [-0.2, 0) is 6.54 Å². The normalized spacial score (nSPS) is 20.6. The number of nitrogens with zero attached hydrogens (tertiary/aromatic N) is 4. The van der Waals surface area contributed by atoms with E-state index in [4.69, 9.17) is 4.42 Å². The van der Waals surface area contributed by atoms with E-state index >= 15 is 0 Å². The average molecular weight is 363 g/mol. The first-order valence-corrected chi connectivity index (χ1v) is 10.2. The van der Waals surface area contributed by atoms with Crippen LogP contribution in [0.3, 0.4) is 0 Å². The van der Waals surface area contributed by atoms with E-state index in [1.165, 1.54) is 32.1 Å². The molecule has 1 aliphatic carbocycles. The summed E-state index contributed by atoms with van der Waals surface area (Å²) in [6, 6.07) is 0.352. The molecular weight excluding hydrogens is 328 g/mol. The second-order valence-electron chi connectivity index (χ2n) is 8.30. The molecule has 1 aliphatic heterocycles. The highest BCUT2D eigenvalue weighted by Gasteiger charge is 2.26. The number of aromatic nitrogens is 1. The molecule has 26 heavy (non-hydrogen) atoms. The molecule has 146 valence electrons. The maximum atomic E-state index is 12.7. The lowest BCUT2D eigenvalue weighted by atomic mass is 9.94. The lowest BCUT2D eigenvalue weighted by Gasteiger charge is -2.34. The standard InChI is InChI=1S/C20H34N4O2/c1-16(2)13-23-9-11-24(12-10-23)14-19-21-18(15-26-19)20(25)22(3)17-7-5-4-6-8-17/h15-17H,4-14H2,1-3H3. The molecule has 6 heteroatoms. The van der Waals surface area contributed by atoms with Gasteiger partial charge in [-0.1, -0.05) is 33.1 Å². The summed E-state index contributed by atoms with van der Waals surface area (Å²) >= 11 is 0. The Hall–Kier alpha value is -1.40. The van der Waals surface area contributed by atoms with Crippen molar-refractivity contribution in [2.45, 2.75) is 58.5 Å². The van der Waals surface area contributed by atoms with Crippen LogP contribution in [0.25, 0.3) is 0 Å². The second kappa shape index (κ2) is 9.00. The summed E-state index contributed by atoms with van der Waals surface area (Å²) in [6.45, 7) is 10.6. The Morgan fingerprint density at radius 3 is 2.50 bits per heavy atom. The van der Waals surface area contributed by atoms with E-state index in [0.29, 0.717) is 30.1 Å². The summed E-state index contributed by atoms with van der Waals surface area (Å²) in [4.78, 5) is 23.9. The van der Waals surface area contributed by atoms with E-state index in [1.807, 2.05) is 11.9 Å². The summed E-state index contributed by atoms with van der Waals surface area (Å²) in [6.07, 6.45) is 7.47. The Morgan fingerprint density at radius 1 is 1.19 bits per heavy atom. The molecule has 0 spiro atoms. The van der Waals surface area contributed by atoms with Crippen molar-refractivity contribution in [1.29, 1.82) is 0 Å². The average Bonchev–Trinajstić information content (AvgIpc) is 3.11. The number of carbonyl (C=O) groups is 1.